The second-order valence-corrected chi connectivity index (χ2v) is 1.41. The molecule has 0 atom stereocenters. The van der Waals surface area contributed by atoms with Crippen molar-refractivity contribution in [1.82, 2.24) is 0 Å². The molecule has 52 valence electrons. The van der Waals surface area contributed by atoms with Crippen molar-refractivity contribution in [2.24, 2.45) is 5.90 Å². The molecule has 0 aliphatic carbocycles. The van der Waals surface area contributed by atoms with Gasteiger partial charge >= 0.3 is 5.97 Å². The van der Waals surface area contributed by atoms with Crippen LogP contribution < -0.4 is 5.90 Å². The lowest BCUT2D eigenvalue weighted by Gasteiger charge is -1.98. The van der Waals surface area contributed by atoms with Gasteiger partial charge in [-0.25, -0.2) is 10.7 Å². The number of carbonyl (C=O) groups excluding carboxylic acids is 1. The Morgan fingerprint density at radius 2 is 2.33 bits per heavy atom. The van der Waals surface area contributed by atoms with Crippen LogP contribution >= 0.6 is 0 Å². The minimum absolute atomic E-state index is 0.00662. The maximum Gasteiger partial charge on any atom is 0.335 e. The number of methoxy groups -OCH3 is 1. The van der Waals surface area contributed by atoms with E-state index < -0.39 is 5.97 Å². The molecule has 0 aliphatic heterocycles. The third kappa shape index (κ3) is 2.84. The first-order valence-corrected chi connectivity index (χ1v) is 2.30. The first kappa shape index (κ1) is 8.13. The number of rotatable bonds is 3. The first-order chi connectivity index (χ1) is 4.22. The standard InChI is InChI=1S/C5H9NO3/c1-4(3-9-6)5(7)8-2/h1,3,6H2,2H3. The molecular weight excluding hydrogens is 122 g/mol. The molecule has 0 radical (unpaired) electrons. The summed E-state index contributed by atoms with van der Waals surface area (Å²) in [5, 5.41) is 0. The normalized spacial score (nSPS) is 8.67. The second kappa shape index (κ2) is 4.05. The van der Waals surface area contributed by atoms with E-state index in [0.29, 0.717) is 0 Å². The van der Waals surface area contributed by atoms with Gasteiger partial charge in [-0.05, 0) is 0 Å². The van der Waals surface area contributed by atoms with E-state index >= 15 is 0 Å². The summed E-state index contributed by atoms with van der Waals surface area (Å²) >= 11 is 0. The predicted molar refractivity (Wildman–Crippen MR) is 31.3 cm³/mol. The zero-order valence-corrected chi connectivity index (χ0v) is 5.22. The zero-order valence-electron chi connectivity index (χ0n) is 5.22. The monoisotopic (exact) mass is 131 g/mol. The van der Waals surface area contributed by atoms with Gasteiger partial charge in [0, 0.05) is 0 Å². The Balaban J connectivity index is 3.60. The van der Waals surface area contributed by atoms with Gasteiger partial charge in [-0.1, -0.05) is 6.58 Å². The van der Waals surface area contributed by atoms with Crippen molar-refractivity contribution in [3.05, 3.63) is 12.2 Å². The van der Waals surface area contributed by atoms with Crippen LogP contribution in [0, 0.1) is 0 Å². The molecule has 0 rings (SSSR count). The molecule has 0 saturated heterocycles. The molecule has 0 heterocycles. The highest BCUT2D eigenvalue weighted by molar-refractivity contribution is 5.87. The fourth-order valence-electron chi connectivity index (χ4n) is 0.304. The highest BCUT2D eigenvalue weighted by Crippen LogP contribution is 1.91. The molecule has 0 aromatic heterocycles. The van der Waals surface area contributed by atoms with E-state index in [9.17, 15) is 4.79 Å². The lowest BCUT2D eigenvalue weighted by atomic mass is 10.3. The van der Waals surface area contributed by atoms with Gasteiger partial charge in [0.25, 0.3) is 0 Å². The summed E-state index contributed by atoms with van der Waals surface area (Å²) in [6.07, 6.45) is 0. The smallest absolute Gasteiger partial charge is 0.335 e. The van der Waals surface area contributed by atoms with Crippen LogP contribution in [-0.2, 0) is 14.4 Å². The van der Waals surface area contributed by atoms with Gasteiger partial charge in [0.05, 0.1) is 19.3 Å². The minimum atomic E-state index is -0.500. The number of hydrogen-bond acceptors (Lipinski definition) is 4. The largest absolute Gasteiger partial charge is 0.466 e. The van der Waals surface area contributed by atoms with Gasteiger partial charge in [0.2, 0.25) is 0 Å². The lowest BCUT2D eigenvalue weighted by Crippen LogP contribution is -2.11. The number of esters is 1. The fourth-order valence-corrected chi connectivity index (χ4v) is 0.304. The van der Waals surface area contributed by atoms with Crippen LogP contribution in [0.2, 0.25) is 0 Å². The molecule has 0 amide bonds. The lowest BCUT2D eigenvalue weighted by molar-refractivity contribution is -0.136. The Hall–Kier alpha value is -0.870. The summed E-state index contributed by atoms with van der Waals surface area (Å²) < 4.78 is 4.29. The van der Waals surface area contributed by atoms with E-state index in [2.05, 4.69) is 22.1 Å². The van der Waals surface area contributed by atoms with Crippen LogP contribution in [0.5, 0.6) is 0 Å². The van der Waals surface area contributed by atoms with Crippen LogP contribution in [0.3, 0.4) is 0 Å². The molecule has 0 unspecified atom stereocenters. The topological polar surface area (TPSA) is 61.5 Å². The number of hydrogen-bond donors (Lipinski definition) is 1. The number of nitrogens with two attached hydrogens (primary N) is 1. The van der Waals surface area contributed by atoms with Crippen LogP contribution in [0.4, 0.5) is 0 Å². The molecule has 4 nitrogen and oxygen atoms in total. The van der Waals surface area contributed by atoms with Crippen molar-refractivity contribution in [1.29, 1.82) is 0 Å². The number of ether oxygens (including phenoxy) is 1. The average Bonchev–Trinajstić information content (AvgIpc) is 1.87. The van der Waals surface area contributed by atoms with Gasteiger partial charge in [-0.3, -0.25) is 4.84 Å². The summed E-state index contributed by atoms with van der Waals surface area (Å²) in [6.45, 7) is 3.34. The van der Waals surface area contributed by atoms with Crippen molar-refractivity contribution in [3.63, 3.8) is 0 Å². The Morgan fingerprint density at radius 3 is 2.67 bits per heavy atom. The highest BCUT2D eigenvalue weighted by Gasteiger charge is 2.04. The average molecular weight is 131 g/mol. The van der Waals surface area contributed by atoms with Crippen molar-refractivity contribution in [3.8, 4) is 0 Å². The van der Waals surface area contributed by atoms with Gasteiger partial charge < -0.3 is 4.74 Å². The first-order valence-electron chi connectivity index (χ1n) is 2.30. The predicted octanol–water partition coefficient (Wildman–Crippen LogP) is -0.394. The van der Waals surface area contributed by atoms with Crippen LogP contribution in [0.1, 0.15) is 0 Å². The van der Waals surface area contributed by atoms with Crippen molar-refractivity contribution in [2.75, 3.05) is 13.7 Å². The molecular formula is C5H9NO3. The molecule has 4 heteroatoms. The summed E-state index contributed by atoms with van der Waals surface area (Å²) in [7, 11) is 1.27. The maximum absolute atomic E-state index is 10.4. The van der Waals surface area contributed by atoms with Crippen molar-refractivity contribution in [2.45, 2.75) is 0 Å². The Bertz CT molecular complexity index is 121. The maximum atomic E-state index is 10.4. The van der Waals surface area contributed by atoms with Gasteiger partial charge in [0.15, 0.2) is 0 Å². The zero-order chi connectivity index (χ0) is 7.28. The second-order valence-electron chi connectivity index (χ2n) is 1.41. The minimum Gasteiger partial charge on any atom is -0.466 e. The SMILES string of the molecule is C=C(CON)C(=O)OC. The Kier molecular flexibility index (Phi) is 3.66. The molecule has 0 aliphatic rings. The van der Waals surface area contributed by atoms with E-state index in [1.165, 1.54) is 7.11 Å². The van der Waals surface area contributed by atoms with E-state index in [1.807, 2.05) is 0 Å². The molecule has 0 aromatic rings. The Labute approximate surface area is 53.2 Å². The molecule has 2 N–H and O–H groups in total. The van der Waals surface area contributed by atoms with Crippen LogP contribution in [-0.4, -0.2) is 19.7 Å². The van der Waals surface area contributed by atoms with Gasteiger partial charge in [0.1, 0.15) is 0 Å². The van der Waals surface area contributed by atoms with E-state index in [0.717, 1.165) is 0 Å². The third-order valence-corrected chi connectivity index (χ3v) is 0.732. The van der Waals surface area contributed by atoms with E-state index in [1.54, 1.807) is 0 Å². The summed E-state index contributed by atoms with van der Waals surface area (Å²) in [6, 6.07) is 0. The molecule has 0 spiro atoms. The molecule has 0 saturated carbocycles. The molecule has 0 bridgehead atoms. The van der Waals surface area contributed by atoms with Crippen LogP contribution in [0.15, 0.2) is 12.2 Å². The summed E-state index contributed by atoms with van der Waals surface area (Å²) in [4.78, 5) is 14.6. The fraction of sp³-hybridized carbons (Fsp3) is 0.400. The van der Waals surface area contributed by atoms with Crippen molar-refractivity contribution >= 4 is 5.97 Å². The molecule has 0 fully saturated rings. The highest BCUT2D eigenvalue weighted by atomic mass is 16.6. The quantitative estimate of drug-likeness (QED) is 0.322. The molecule has 9 heavy (non-hydrogen) atoms. The van der Waals surface area contributed by atoms with Gasteiger partial charge in [-0.2, -0.15) is 0 Å². The van der Waals surface area contributed by atoms with Crippen molar-refractivity contribution < 1.29 is 14.4 Å². The molecule has 0 aromatic carbocycles. The summed E-state index contributed by atoms with van der Waals surface area (Å²) in [5.74, 6) is 4.15. The Morgan fingerprint density at radius 1 is 1.78 bits per heavy atom. The number of carbonyl (C=O) groups is 1. The van der Waals surface area contributed by atoms with E-state index in [4.69, 9.17) is 0 Å². The van der Waals surface area contributed by atoms with Gasteiger partial charge in [-0.15, -0.1) is 0 Å². The van der Waals surface area contributed by atoms with E-state index in [-0.39, 0.29) is 12.2 Å². The summed E-state index contributed by atoms with van der Waals surface area (Å²) in [5.41, 5.74) is 0.208. The third-order valence-electron chi connectivity index (χ3n) is 0.732. The van der Waals surface area contributed by atoms with Crippen LogP contribution in [0.25, 0.3) is 0 Å².